The first kappa shape index (κ1) is 23.8. The van der Waals surface area contributed by atoms with Crippen LogP contribution in [0.5, 0.6) is 0 Å². The van der Waals surface area contributed by atoms with Gasteiger partial charge in [0.25, 0.3) is 0 Å². The average Bonchev–Trinajstić information content (AvgIpc) is 3.20. The fourth-order valence-electron chi connectivity index (χ4n) is 3.71. The van der Waals surface area contributed by atoms with E-state index in [0.29, 0.717) is 44.0 Å². The summed E-state index contributed by atoms with van der Waals surface area (Å²) in [6, 6.07) is 0. The molecule has 0 amide bonds. The Labute approximate surface area is 178 Å². The number of aliphatic hydroxyl groups excluding tert-OH is 6. The molecule has 1 saturated carbocycles. The first-order valence-corrected chi connectivity index (χ1v) is 11.2. The largest absolute Gasteiger partial charge is 0.396 e. The number of ether oxygens (including phenoxy) is 2. The molecule has 2 aliphatic rings. The molecule has 11 nitrogen and oxygen atoms in total. The van der Waals surface area contributed by atoms with Gasteiger partial charge in [0.05, 0.1) is 25.5 Å². The lowest BCUT2D eigenvalue weighted by Gasteiger charge is -2.40. The summed E-state index contributed by atoms with van der Waals surface area (Å²) in [7, 11) is 0. The van der Waals surface area contributed by atoms with Crippen LogP contribution in [0.4, 0.5) is 0 Å². The molecule has 1 aromatic rings. The van der Waals surface area contributed by atoms with Crippen molar-refractivity contribution in [3.63, 3.8) is 0 Å². The third kappa shape index (κ3) is 5.69. The first-order chi connectivity index (χ1) is 14.4. The van der Waals surface area contributed by atoms with Crippen molar-refractivity contribution >= 4 is 11.8 Å². The second-order valence-corrected chi connectivity index (χ2v) is 9.02. The molecule has 0 bridgehead atoms. The minimum atomic E-state index is -1.36. The Hall–Kier alpha value is -0.830. The van der Waals surface area contributed by atoms with E-state index >= 15 is 0 Å². The number of aliphatic hydroxyl groups is 6. The molecule has 8 atom stereocenters. The smallest absolute Gasteiger partial charge is 0.132 e. The molecule has 1 aliphatic carbocycles. The molecule has 1 aromatic heterocycles. The molecule has 8 unspecified atom stereocenters. The summed E-state index contributed by atoms with van der Waals surface area (Å²) < 4.78 is 12.7. The fraction of sp³-hybridized carbons (Fsp3) is 0.889. The SMILES string of the molecule is OCC1CC(O)C1Cn1cc(COCCCSC2OC(CO)C(O)C(O)C2O)nn1. The van der Waals surface area contributed by atoms with Crippen molar-refractivity contribution in [2.45, 2.75) is 61.9 Å². The Bertz CT molecular complexity index is 651. The molecule has 2 heterocycles. The van der Waals surface area contributed by atoms with E-state index in [1.807, 2.05) is 0 Å². The van der Waals surface area contributed by atoms with Gasteiger partial charge in [0.2, 0.25) is 0 Å². The Morgan fingerprint density at radius 1 is 1.13 bits per heavy atom. The summed E-state index contributed by atoms with van der Waals surface area (Å²) in [4.78, 5) is 0. The zero-order valence-electron chi connectivity index (χ0n) is 16.6. The summed E-state index contributed by atoms with van der Waals surface area (Å²) >= 11 is 1.29. The van der Waals surface area contributed by atoms with Crippen molar-refractivity contribution in [1.82, 2.24) is 15.0 Å². The van der Waals surface area contributed by atoms with Crippen LogP contribution in [0.25, 0.3) is 0 Å². The molecular weight excluding hydrogens is 418 g/mol. The van der Waals surface area contributed by atoms with E-state index < -0.39 is 42.6 Å². The molecule has 6 N–H and O–H groups in total. The molecule has 3 rings (SSSR count). The van der Waals surface area contributed by atoms with Crippen LogP contribution in [0, 0.1) is 11.8 Å². The second kappa shape index (κ2) is 11.2. The lowest BCUT2D eigenvalue weighted by Crippen LogP contribution is -2.57. The molecular formula is C18H31N3O8S. The van der Waals surface area contributed by atoms with Crippen LogP contribution in [0.15, 0.2) is 6.20 Å². The van der Waals surface area contributed by atoms with E-state index in [0.717, 1.165) is 0 Å². The maximum atomic E-state index is 9.99. The van der Waals surface area contributed by atoms with Crippen molar-refractivity contribution in [1.29, 1.82) is 0 Å². The molecule has 2 fully saturated rings. The van der Waals surface area contributed by atoms with Crippen molar-refractivity contribution in [2.75, 3.05) is 25.6 Å². The van der Waals surface area contributed by atoms with Crippen LogP contribution < -0.4 is 0 Å². The highest BCUT2D eigenvalue weighted by atomic mass is 32.2. The van der Waals surface area contributed by atoms with Crippen LogP contribution >= 0.6 is 11.8 Å². The van der Waals surface area contributed by atoms with Gasteiger partial charge >= 0.3 is 0 Å². The number of thioether (sulfide) groups is 1. The Balaban J connectivity index is 1.31. The highest BCUT2D eigenvalue weighted by Crippen LogP contribution is 2.35. The third-order valence-corrected chi connectivity index (χ3v) is 6.92. The van der Waals surface area contributed by atoms with Gasteiger partial charge in [0, 0.05) is 25.7 Å². The third-order valence-electron chi connectivity index (χ3n) is 5.68. The number of nitrogens with zero attached hydrogens (tertiary/aromatic N) is 3. The van der Waals surface area contributed by atoms with Gasteiger partial charge in [-0.1, -0.05) is 5.21 Å². The molecule has 172 valence electrons. The number of aromatic nitrogens is 3. The van der Waals surface area contributed by atoms with Crippen LogP contribution in [-0.4, -0.2) is 107 Å². The van der Waals surface area contributed by atoms with Gasteiger partial charge < -0.3 is 40.1 Å². The molecule has 30 heavy (non-hydrogen) atoms. The van der Waals surface area contributed by atoms with Gasteiger partial charge in [-0.05, 0) is 24.5 Å². The standard InChI is InChI=1S/C18H31N3O8S/c22-7-10-4-13(24)12(10)6-21-5-11(19-20-21)9-28-2-1-3-30-18-17(27)16(26)15(25)14(8-23)29-18/h5,10,12-18,22-27H,1-4,6-9H2. The van der Waals surface area contributed by atoms with E-state index in [1.165, 1.54) is 11.8 Å². The van der Waals surface area contributed by atoms with E-state index in [2.05, 4.69) is 10.3 Å². The van der Waals surface area contributed by atoms with Crippen LogP contribution in [0.1, 0.15) is 18.5 Å². The molecule has 1 aliphatic heterocycles. The predicted molar refractivity (Wildman–Crippen MR) is 105 cm³/mol. The van der Waals surface area contributed by atoms with Crippen LogP contribution in [0.2, 0.25) is 0 Å². The highest BCUT2D eigenvalue weighted by Gasteiger charge is 2.43. The predicted octanol–water partition coefficient (Wildman–Crippen LogP) is -2.29. The van der Waals surface area contributed by atoms with Gasteiger partial charge in [0.1, 0.15) is 35.5 Å². The van der Waals surface area contributed by atoms with Crippen LogP contribution in [-0.2, 0) is 22.6 Å². The molecule has 0 aromatic carbocycles. The maximum absolute atomic E-state index is 9.99. The van der Waals surface area contributed by atoms with Crippen LogP contribution in [0.3, 0.4) is 0 Å². The average molecular weight is 450 g/mol. The molecule has 0 spiro atoms. The van der Waals surface area contributed by atoms with Gasteiger partial charge in [-0.15, -0.1) is 16.9 Å². The van der Waals surface area contributed by atoms with Gasteiger partial charge in [-0.3, -0.25) is 4.68 Å². The van der Waals surface area contributed by atoms with Gasteiger partial charge in [-0.25, -0.2) is 0 Å². The van der Waals surface area contributed by atoms with Gasteiger partial charge in [-0.2, -0.15) is 0 Å². The number of hydrogen-bond acceptors (Lipinski definition) is 11. The molecule has 12 heteroatoms. The van der Waals surface area contributed by atoms with Crippen molar-refractivity contribution in [3.05, 3.63) is 11.9 Å². The quantitative estimate of drug-likeness (QED) is 0.201. The van der Waals surface area contributed by atoms with Crippen molar-refractivity contribution in [3.8, 4) is 0 Å². The van der Waals surface area contributed by atoms with E-state index in [-0.39, 0.29) is 18.4 Å². The topological polar surface area (TPSA) is 171 Å². The Kier molecular flexibility index (Phi) is 8.86. The lowest BCUT2D eigenvalue weighted by molar-refractivity contribution is -0.205. The minimum absolute atomic E-state index is 0.00934. The fourth-order valence-corrected chi connectivity index (χ4v) is 4.81. The zero-order valence-corrected chi connectivity index (χ0v) is 17.4. The summed E-state index contributed by atoms with van der Waals surface area (Å²) in [6.07, 6.45) is -2.19. The zero-order chi connectivity index (χ0) is 21.7. The highest BCUT2D eigenvalue weighted by molar-refractivity contribution is 7.99. The normalized spacial score (nSPS) is 36.6. The van der Waals surface area contributed by atoms with Crippen molar-refractivity contribution < 1.29 is 40.1 Å². The van der Waals surface area contributed by atoms with E-state index in [9.17, 15) is 30.6 Å². The minimum Gasteiger partial charge on any atom is -0.396 e. The second-order valence-electron chi connectivity index (χ2n) is 7.82. The monoisotopic (exact) mass is 449 g/mol. The first-order valence-electron chi connectivity index (χ1n) is 10.1. The summed E-state index contributed by atoms with van der Waals surface area (Å²) in [5.41, 5.74) is -0.0593. The summed E-state index contributed by atoms with van der Waals surface area (Å²) in [6.45, 7) is 0.876. The van der Waals surface area contributed by atoms with Gasteiger partial charge in [0.15, 0.2) is 0 Å². The molecule has 0 radical (unpaired) electrons. The molecule has 1 saturated heterocycles. The lowest BCUT2D eigenvalue weighted by atomic mass is 9.71. The number of hydrogen-bond donors (Lipinski definition) is 6. The summed E-state index contributed by atoms with van der Waals surface area (Å²) in [5.74, 6) is 0.687. The Morgan fingerprint density at radius 2 is 1.93 bits per heavy atom. The number of rotatable bonds is 11. The van der Waals surface area contributed by atoms with E-state index in [4.69, 9.17) is 9.47 Å². The Morgan fingerprint density at radius 3 is 2.63 bits per heavy atom. The van der Waals surface area contributed by atoms with E-state index in [1.54, 1.807) is 10.9 Å². The van der Waals surface area contributed by atoms with Crippen molar-refractivity contribution in [2.24, 2.45) is 11.8 Å². The summed E-state index contributed by atoms with van der Waals surface area (Å²) in [5, 5.41) is 65.9. The maximum Gasteiger partial charge on any atom is 0.132 e.